The molecular formula is C34H42O3. The second-order valence-electron chi connectivity index (χ2n) is 11.7. The average molecular weight is 499 g/mol. The number of benzene rings is 3. The SMILES string of the molecule is CC(CCc1ccc(O)cc1)(c1ccc(O)c(C2CCCCC2)c1)c1ccc(O)c(C2CCCCC2)c1. The molecule has 3 N–H and O–H groups in total. The van der Waals surface area contributed by atoms with Crippen LogP contribution < -0.4 is 0 Å². The van der Waals surface area contributed by atoms with E-state index in [1.165, 1.54) is 55.2 Å². The Morgan fingerprint density at radius 3 is 1.54 bits per heavy atom. The van der Waals surface area contributed by atoms with Crippen LogP contribution in [0.3, 0.4) is 0 Å². The topological polar surface area (TPSA) is 60.7 Å². The molecule has 5 rings (SSSR count). The molecule has 0 aromatic heterocycles. The van der Waals surface area contributed by atoms with E-state index in [4.69, 9.17) is 0 Å². The minimum absolute atomic E-state index is 0.286. The molecule has 3 heteroatoms. The zero-order valence-electron chi connectivity index (χ0n) is 22.3. The summed E-state index contributed by atoms with van der Waals surface area (Å²) >= 11 is 0. The van der Waals surface area contributed by atoms with E-state index in [9.17, 15) is 15.3 Å². The Hall–Kier alpha value is -2.94. The summed E-state index contributed by atoms with van der Waals surface area (Å²) in [7, 11) is 0. The fourth-order valence-corrected chi connectivity index (χ4v) is 6.79. The summed E-state index contributed by atoms with van der Waals surface area (Å²) in [6.07, 6.45) is 13.8. The van der Waals surface area contributed by atoms with Gasteiger partial charge in [0.2, 0.25) is 0 Å². The fraction of sp³-hybridized carbons (Fsp3) is 0.471. The predicted molar refractivity (Wildman–Crippen MR) is 151 cm³/mol. The molecule has 2 aliphatic rings. The van der Waals surface area contributed by atoms with Gasteiger partial charge >= 0.3 is 0 Å². The first-order valence-electron chi connectivity index (χ1n) is 14.4. The Labute approximate surface area is 222 Å². The highest BCUT2D eigenvalue weighted by atomic mass is 16.3. The molecule has 3 aromatic rings. The van der Waals surface area contributed by atoms with E-state index in [2.05, 4.69) is 31.2 Å². The first-order valence-corrected chi connectivity index (χ1v) is 14.4. The number of aryl methyl sites for hydroxylation is 1. The Morgan fingerprint density at radius 2 is 1.08 bits per heavy atom. The van der Waals surface area contributed by atoms with Crippen molar-refractivity contribution >= 4 is 0 Å². The highest BCUT2D eigenvalue weighted by Gasteiger charge is 2.32. The van der Waals surface area contributed by atoms with Crippen LogP contribution in [0.1, 0.15) is 117 Å². The molecule has 0 aliphatic heterocycles. The zero-order chi connectivity index (χ0) is 25.8. The van der Waals surface area contributed by atoms with E-state index >= 15 is 0 Å². The lowest BCUT2D eigenvalue weighted by atomic mass is 9.70. The van der Waals surface area contributed by atoms with Gasteiger partial charge in [0, 0.05) is 5.41 Å². The number of phenols is 3. The molecule has 0 amide bonds. The van der Waals surface area contributed by atoms with Crippen molar-refractivity contribution < 1.29 is 15.3 Å². The highest BCUT2D eigenvalue weighted by molar-refractivity contribution is 5.49. The van der Waals surface area contributed by atoms with Gasteiger partial charge in [-0.2, -0.15) is 0 Å². The summed E-state index contributed by atoms with van der Waals surface area (Å²) in [5, 5.41) is 31.5. The van der Waals surface area contributed by atoms with E-state index in [1.54, 1.807) is 12.1 Å². The monoisotopic (exact) mass is 498 g/mol. The minimum atomic E-state index is -0.286. The van der Waals surface area contributed by atoms with Gasteiger partial charge in [0.05, 0.1) is 0 Å². The van der Waals surface area contributed by atoms with Crippen LogP contribution in [-0.2, 0) is 11.8 Å². The summed E-state index contributed by atoms with van der Waals surface area (Å²) in [5.41, 5.74) is 5.56. The summed E-state index contributed by atoms with van der Waals surface area (Å²) in [4.78, 5) is 0. The van der Waals surface area contributed by atoms with Crippen LogP contribution in [0, 0.1) is 0 Å². The summed E-state index contributed by atoms with van der Waals surface area (Å²) < 4.78 is 0. The number of hydrogen-bond acceptors (Lipinski definition) is 3. The first-order chi connectivity index (χ1) is 17.9. The Balaban J connectivity index is 1.55. The molecule has 2 saturated carbocycles. The quantitative estimate of drug-likeness (QED) is 0.305. The minimum Gasteiger partial charge on any atom is -0.508 e. The van der Waals surface area contributed by atoms with Crippen LogP contribution in [-0.4, -0.2) is 15.3 Å². The number of rotatable bonds is 7. The van der Waals surface area contributed by atoms with Gasteiger partial charge in [-0.3, -0.25) is 0 Å². The van der Waals surface area contributed by atoms with Gasteiger partial charge in [-0.05, 0) is 102 Å². The molecule has 196 valence electrons. The van der Waals surface area contributed by atoms with Gasteiger partial charge in [0.15, 0.2) is 0 Å². The normalized spacial score (nSPS) is 17.6. The third-order valence-electron chi connectivity index (χ3n) is 9.27. The van der Waals surface area contributed by atoms with Crippen molar-refractivity contribution in [1.82, 2.24) is 0 Å². The third-order valence-corrected chi connectivity index (χ3v) is 9.27. The molecule has 0 atom stereocenters. The van der Waals surface area contributed by atoms with Crippen molar-refractivity contribution in [3.05, 3.63) is 88.5 Å². The van der Waals surface area contributed by atoms with Crippen molar-refractivity contribution in [2.45, 2.75) is 101 Å². The fourth-order valence-electron chi connectivity index (χ4n) is 6.79. The molecule has 0 heterocycles. The lowest BCUT2D eigenvalue weighted by Crippen LogP contribution is -2.25. The molecule has 3 nitrogen and oxygen atoms in total. The van der Waals surface area contributed by atoms with E-state index < -0.39 is 0 Å². The first kappa shape index (κ1) is 25.7. The molecule has 37 heavy (non-hydrogen) atoms. The molecule has 0 unspecified atom stereocenters. The zero-order valence-corrected chi connectivity index (χ0v) is 22.3. The van der Waals surface area contributed by atoms with Gasteiger partial charge < -0.3 is 15.3 Å². The lowest BCUT2D eigenvalue weighted by molar-refractivity contribution is 0.410. The van der Waals surface area contributed by atoms with E-state index in [-0.39, 0.29) is 11.2 Å². The van der Waals surface area contributed by atoms with Crippen LogP contribution in [0.25, 0.3) is 0 Å². The molecule has 2 fully saturated rings. The predicted octanol–water partition coefficient (Wildman–Crippen LogP) is 8.84. The second-order valence-corrected chi connectivity index (χ2v) is 11.7. The van der Waals surface area contributed by atoms with E-state index in [1.807, 2.05) is 24.3 Å². The van der Waals surface area contributed by atoms with Gasteiger partial charge in [-0.15, -0.1) is 0 Å². The smallest absolute Gasteiger partial charge is 0.119 e. The van der Waals surface area contributed by atoms with Crippen LogP contribution >= 0.6 is 0 Å². The maximum atomic E-state index is 10.9. The Morgan fingerprint density at radius 1 is 0.622 bits per heavy atom. The largest absolute Gasteiger partial charge is 0.508 e. The third kappa shape index (κ3) is 5.66. The van der Waals surface area contributed by atoms with Crippen molar-refractivity contribution in [2.24, 2.45) is 0 Å². The van der Waals surface area contributed by atoms with Crippen molar-refractivity contribution in [2.75, 3.05) is 0 Å². The standard InChI is InChI=1S/C34H42O3/c1-34(21-20-24-12-16-29(35)17-13-24,27-14-18-32(36)30(22-27)25-8-4-2-5-9-25)28-15-19-33(37)31(23-28)26-10-6-3-7-11-26/h12-19,22-23,25-26,35-37H,2-11,20-21H2,1H3. The molecule has 0 bridgehead atoms. The second kappa shape index (κ2) is 11.2. The van der Waals surface area contributed by atoms with Crippen LogP contribution in [0.2, 0.25) is 0 Å². The summed E-state index contributed by atoms with van der Waals surface area (Å²) in [5.74, 6) is 1.98. The number of hydrogen-bond donors (Lipinski definition) is 3. The van der Waals surface area contributed by atoms with Gasteiger partial charge in [-0.1, -0.05) is 81.8 Å². The van der Waals surface area contributed by atoms with Crippen molar-refractivity contribution in [1.29, 1.82) is 0 Å². The molecule has 3 aromatic carbocycles. The van der Waals surface area contributed by atoms with E-state index in [0.717, 1.165) is 49.7 Å². The Kier molecular flexibility index (Phi) is 7.79. The van der Waals surface area contributed by atoms with Crippen LogP contribution in [0.5, 0.6) is 17.2 Å². The van der Waals surface area contributed by atoms with Crippen LogP contribution in [0.4, 0.5) is 0 Å². The van der Waals surface area contributed by atoms with Gasteiger partial charge in [0.25, 0.3) is 0 Å². The molecule has 0 spiro atoms. The summed E-state index contributed by atoms with van der Waals surface area (Å²) in [6, 6.07) is 20.1. The maximum Gasteiger partial charge on any atom is 0.119 e. The molecular weight excluding hydrogens is 456 g/mol. The van der Waals surface area contributed by atoms with Crippen LogP contribution in [0.15, 0.2) is 60.7 Å². The Bertz CT molecular complexity index is 1120. The van der Waals surface area contributed by atoms with Gasteiger partial charge in [-0.25, -0.2) is 0 Å². The lowest BCUT2D eigenvalue weighted by Gasteiger charge is -2.34. The summed E-state index contributed by atoms with van der Waals surface area (Å²) in [6.45, 7) is 2.32. The van der Waals surface area contributed by atoms with Gasteiger partial charge in [0.1, 0.15) is 17.2 Å². The highest BCUT2D eigenvalue weighted by Crippen LogP contribution is 2.45. The molecule has 2 aliphatic carbocycles. The number of phenolic OH excluding ortho intramolecular Hbond substituents is 3. The maximum absolute atomic E-state index is 10.9. The van der Waals surface area contributed by atoms with Crippen molar-refractivity contribution in [3.8, 4) is 17.2 Å². The van der Waals surface area contributed by atoms with Crippen molar-refractivity contribution in [3.63, 3.8) is 0 Å². The number of aromatic hydroxyl groups is 3. The molecule has 0 radical (unpaired) electrons. The average Bonchev–Trinajstić information content (AvgIpc) is 2.94. The van der Waals surface area contributed by atoms with E-state index in [0.29, 0.717) is 23.3 Å². The molecule has 0 saturated heterocycles.